The number of amides is 1. The highest BCUT2D eigenvalue weighted by Gasteiger charge is 2.27. The third-order valence-corrected chi connectivity index (χ3v) is 3.96. The van der Waals surface area contributed by atoms with Crippen LogP contribution in [0.5, 0.6) is 0 Å². The number of esters is 2. The van der Waals surface area contributed by atoms with E-state index in [1.54, 1.807) is 6.92 Å². The van der Waals surface area contributed by atoms with E-state index in [1.165, 1.54) is 19.2 Å². The Balaban J connectivity index is 2.64. The molecule has 0 saturated heterocycles. The molecule has 0 bridgehead atoms. The summed E-state index contributed by atoms with van der Waals surface area (Å²) in [5, 5.41) is 2.46. The van der Waals surface area contributed by atoms with Gasteiger partial charge in [0.2, 0.25) is 0 Å². The molecule has 24 heavy (non-hydrogen) atoms. The maximum atomic E-state index is 13.6. The summed E-state index contributed by atoms with van der Waals surface area (Å²) >= 11 is 3.08. The molecule has 0 radical (unpaired) electrons. The average Bonchev–Trinajstić information content (AvgIpc) is 2.56. The highest BCUT2D eigenvalue weighted by Crippen LogP contribution is 2.16. The summed E-state index contributed by atoms with van der Waals surface area (Å²) in [6.45, 7) is 3.02. The summed E-state index contributed by atoms with van der Waals surface area (Å²) in [6.07, 6.45) is 0.643. The fourth-order valence-corrected chi connectivity index (χ4v) is 2.21. The minimum absolute atomic E-state index is 0.152. The van der Waals surface area contributed by atoms with E-state index in [0.717, 1.165) is 6.07 Å². The normalized spacial score (nSPS) is 12.9. The van der Waals surface area contributed by atoms with Gasteiger partial charge in [-0.2, -0.15) is 0 Å². The van der Waals surface area contributed by atoms with Crippen LogP contribution in [-0.4, -0.2) is 37.6 Å². The molecule has 0 aliphatic rings. The van der Waals surface area contributed by atoms with Crippen LogP contribution in [0, 0.1) is 11.7 Å². The highest BCUT2D eigenvalue weighted by atomic mass is 79.9. The lowest BCUT2D eigenvalue weighted by molar-refractivity contribution is -0.147. The van der Waals surface area contributed by atoms with Crippen LogP contribution in [0.3, 0.4) is 0 Å². The van der Waals surface area contributed by atoms with Gasteiger partial charge in [-0.15, -0.1) is 0 Å². The van der Waals surface area contributed by atoms with Gasteiger partial charge in [0.05, 0.1) is 12.7 Å². The summed E-state index contributed by atoms with van der Waals surface area (Å²) in [5.74, 6) is -3.13. The van der Waals surface area contributed by atoms with E-state index in [-0.39, 0.29) is 11.5 Å². The lowest BCUT2D eigenvalue weighted by atomic mass is 9.99. The molecular weight excluding hydrogens is 385 g/mol. The molecule has 0 spiro atoms. The fourth-order valence-electron chi connectivity index (χ4n) is 1.88. The molecule has 2 atom stereocenters. The van der Waals surface area contributed by atoms with Gasteiger partial charge in [0.15, 0.2) is 6.61 Å². The van der Waals surface area contributed by atoms with E-state index in [2.05, 4.69) is 26.0 Å². The van der Waals surface area contributed by atoms with Crippen molar-refractivity contribution in [3.05, 3.63) is 34.1 Å². The van der Waals surface area contributed by atoms with Gasteiger partial charge < -0.3 is 14.8 Å². The van der Waals surface area contributed by atoms with Crippen molar-refractivity contribution in [2.45, 2.75) is 26.3 Å². The molecule has 132 valence electrons. The SMILES string of the molecule is CC[C@@H](C)[C@@H](NC(=O)COC(=O)c1ccc(Br)cc1F)C(=O)OC. The van der Waals surface area contributed by atoms with E-state index >= 15 is 0 Å². The molecule has 1 N–H and O–H groups in total. The van der Waals surface area contributed by atoms with E-state index in [4.69, 9.17) is 4.74 Å². The zero-order valence-electron chi connectivity index (χ0n) is 13.6. The number of methoxy groups -OCH3 is 1. The summed E-state index contributed by atoms with van der Waals surface area (Å²) in [6, 6.07) is 3.01. The Morgan fingerprint density at radius 2 is 2.00 bits per heavy atom. The Kier molecular flexibility index (Phi) is 7.84. The monoisotopic (exact) mass is 403 g/mol. The molecular formula is C16H19BrFNO5. The van der Waals surface area contributed by atoms with Gasteiger partial charge in [-0.3, -0.25) is 4.79 Å². The van der Waals surface area contributed by atoms with Crippen molar-refractivity contribution < 1.29 is 28.2 Å². The van der Waals surface area contributed by atoms with Gasteiger partial charge in [0, 0.05) is 4.47 Å². The number of rotatable bonds is 7. The molecule has 8 heteroatoms. The molecule has 0 aliphatic heterocycles. The maximum absolute atomic E-state index is 13.6. The zero-order chi connectivity index (χ0) is 18.3. The molecule has 1 rings (SSSR count). The van der Waals surface area contributed by atoms with Gasteiger partial charge >= 0.3 is 11.9 Å². The number of halogens is 2. The third-order valence-electron chi connectivity index (χ3n) is 3.47. The largest absolute Gasteiger partial charge is 0.467 e. The van der Waals surface area contributed by atoms with Crippen LogP contribution in [0.4, 0.5) is 4.39 Å². The first-order chi connectivity index (χ1) is 11.3. The molecule has 0 aliphatic carbocycles. The average molecular weight is 404 g/mol. The van der Waals surface area contributed by atoms with Crippen molar-refractivity contribution in [2.75, 3.05) is 13.7 Å². The van der Waals surface area contributed by atoms with Crippen LogP contribution in [0.2, 0.25) is 0 Å². The number of nitrogens with one attached hydrogen (secondary N) is 1. The van der Waals surface area contributed by atoms with Crippen molar-refractivity contribution in [3.8, 4) is 0 Å². The van der Waals surface area contributed by atoms with Crippen LogP contribution in [0.1, 0.15) is 30.6 Å². The van der Waals surface area contributed by atoms with Crippen LogP contribution < -0.4 is 5.32 Å². The number of benzene rings is 1. The molecule has 0 heterocycles. The molecule has 1 aromatic rings. The van der Waals surface area contributed by atoms with Gasteiger partial charge in [-0.25, -0.2) is 14.0 Å². The molecule has 0 unspecified atom stereocenters. The highest BCUT2D eigenvalue weighted by molar-refractivity contribution is 9.10. The number of hydrogen-bond donors (Lipinski definition) is 1. The predicted molar refractivity (Wildman–Crippen MR) is 87.8 cm³/mol. The van der Waals surface area contributed by atoms with E-state index in [1.807, 2.05) is 6.92 Å². The van der Waals surface area contributed by atoms with E-state index < -0.39 is 36.3 Å². The predicted octanol–water partition coefficient (Wildman–Crippen LogP) is 2.45. The van der Waals surface area contributed by atoms with Gasteiger partial charge in [0.1, 0.15) is 11.9 Å². The quantitative estimate of drug-likeness (QED) is 0.707. The third kappa shape index (κ3) is 5.59. The zero-order valence-corrected chi connectivity index (χ0v) is 15.2. The standard InChI is InChI=1S/C16H19BrFNO5/c1-4-9(2)14(16(22)23-3)19-13(20)8-24-15(21)11-6-5-10(17)7-12(11)18/h5-7,9,14H,4,8H2,1-3H3,(H,19,20)/t9-,14-/m1/s1. The Morgan fingerprint density at radius 1 is 1.33 bits per heavy atom. The lowest BCUT2D eigenvalue weighted by Gasteiger charge is -2.21. The second kappa shape index (κ2) is 9.36. The first-order valence-corrected chi connectivity index (χ1v) is 8.08. The van der Waals surface area contributed by atoms with Crippen LogP contribution >= 0.6 is 15.9 Å². The number of hydrogen-bond acceptors (Lipinski definition) is 5. The molecule has 0 fully saturated rings. The topological polar surface area (TPSA) is 81.7 Å². The summed E-state index contributed by atoms with van der Waals surface area (Å²) < 4.78 is 23.5. The second-order valence-corrected chi connectivity index (χ2v) is 6.07. The van der Waals surface area contributed by atoms with Gasteiger partial charge in [0.25, 0.3) is 5.91 Å². The number of ether oxygens (including phenoxy) is 2. The minimum atomic E-state index is -0.965. The summed E-state index contributed by atoms with van der Waals surface area (Å²) in [5.41, 5.74) is -0.280. The molecule has 0 aromatic heterocycles. The Hall–Kier alpha value is -1.96. The van der Waals surface area contributed by atoms with Crippen molar-refractivity contribution >= 4 is 33.8 Å². The molecule has 6 nitrogen and oxygen atoms in total. The van der Waals surface area contributed by atoms with Crippen molar-refractivity contribution in [3.63, 3.8) is 0 Å². The molecule has 1 aromatic carbocycles. The van der Waals surface area contributed by atoms with Crippen molar-refractivity contribution in [1.29, 1.82) is 0 Å². The second-order valence-electron chi connectivity index (χ2n) is 5.15. The number of carbonyl (C=O) groups is 3. The maximum Gasteiger partial charge on any atom is 0.341 e. The van der Waals surface area contributed by atoms with Crippen molar-refractivity contribution in [1.82, 2.24) is 5.32 Å². The van der Waals surface area contributed by atoms with Gasteiger partial charge in [-0.1, -0.05) is 36.2 Å². The fraction of sp³-hybridized carbons (Fsp3) is 0.438. The Bertz CT molecular complexity index is 622. The Morgan fingerprint density at radius 3 is 2.54 bits per heavy atom. The summed E-state index contributed by atoms with van der Waals surface area (Å²) in [4.78, 5) is 35.4. The lowest BCUT2D eigenvalue weighted by Crippen LogP contribution is -2.47. The van der Waals surface area contributed by atoms with Crippen LogP contribution in [0.25, 0.3) is 0 Å². The minimum Gasteiger partial charge on any atom is -0.467 e. The summed E-state index contributed by atoms with van der Waals surface area (Å²) in [7, 11) is 1.22. The first-order valence-electron chi connectivity index (χ1n) is 7.29. The first kappa shape index (κ1) is 20.1. The smallest absolute Gasteiger partial charge is 0.341 e. The molecule has 1 amide bonds. The van der Waals surface area contributed by atoms with E-state index in [9.17, 15) is 18.8 Å². The van der Waals surface area contributed by atoms with Crippen molar-refractivity contribution in [2.24, 2.45) is 5.92 Å². The van der Waals surface area contributed by atoms with E-state index in [0.29, 0.717) is 10.9 Å². The van der Waals surface area contributed by atoms with Crippen LogP contribution in [0.15, 0.2) is 22.7 Å². The van der Waals surface area contributed by atoms with Crippen LogP contribution in [-0.2, 0) is 19.1 Å². The number of carbonyl (C=O) groups excluding carboxylic acids is 3. The Labute approximate surface area is 147 Å². The van der Waals surface area contributed by atoms with Gasteiger partial charge in [-0.05, 0) is 24.1 Å². The molecule has 0 saturated carbocycles.